The summed E-state index contributed by atoms with van der Waals surface area (Å²) >= 11 is 0. The van der Waals surface area contributed by atoms with Gasteiger partial charge in [0, 0.05) is 25.1 Å². The number of urea groups is 1. The highest BCUT2D eigenvalue weighted by molar-refractivity contribution is 5.71. The van der Waals surface area contributed by atoms with Crippen LogP contribution in [0.25, 0.3) is 0 Å². The Kier molecular flexibility index (Phi) is 10.5. The zero-order valence-corrected chi connectivity index (χ0v) is 18.0. The van der Waals surface area contributed by atoms with E-state index in [1.165, 1.54) is 5.56 Å². The van der Waals surface area contributed by atoms with E-state index in [1.54, 1.807) is 4.90 Å². The molecule has 1 aromatic carbocycles. The molecule has 0 saturated heterocycles. The zero-order chi connectivity index (χ0) is 21.0. The highest BCUT2D eigenvalue weighted by Crippen LogP contribution is 2.29. The monoisotopic (exact) mass is 392 g/mol. The molecule has 5 nitrogen and oxygen atoms in total. The van der Waals surface area contributed by atoms with Gasteiger partial charge in [-0.05, 0) is 36.7 Å². The summed E-state index contributed by atoms with van der Waals surface area (Å²) in [4.78, 5) is 13.4. The maximum absolute atomic E-state index is 11.7. The van der Waals surface area contributed by atoms with Gasteiger partial charge < -0.3 is 20.8 Å². The topological polar surface area (TPSA) is 86.8 Å². The van der Waals surface area contributed by atoms with Crippen LogP contribution in [-0.2, 0) is 5.41 Å². The number of rotatable bonds is 14. The lowest BCUT2D eigenvalue weighted by Gasteiger charge is -2.28. The molecular weight excluding hydrogens is 352 g/mol. The second-order valence-corrected chi connectivity index (χ2v) is 9.00. The largest absolute Gasteiger partial charge is 0.396 e. The van der Waals surface area contributed by atoms with Gasteiger partial charge in [0.25, 0.3) is 0 Å². The molecule has 28 heavy (non-hydrogen) atoms. The molecule has 0 bridgehead atoms. The quantitative estimate of drug-likeness (QED) is 0.417. The van der Waals surface area contributed by atoms with E-state index in [9.17, 15) is 15.0 Å². The minimum atomic E-state index is -0.356. The molecule has 5 heteroatoms. The summed E-state index contributed by atoms with van der Waals surface area (Å²) in [7, 11) is 0. The Balaban J connectivity index is 2.32. The number of unbranched alkanes of at least 4 members (excludes halogenated alkanes) is 3. The average Bonchev–Trinajstić information content (AvgIpc) is 2.69. The van der Waals surface area contributed by atoms with Crippen molar-refractivity contribution in [2.24, 2.45) is 11.1 Å². The molecule has 0 aliphatic heterocycles. The summed E-state index contributed by atoms with van der Waals surface area (Å²) < 4.78 is 0. The molecule has 0 aliphatic carbocycles. The minimum absolute atomic E-state index is 0.0599. The molecule has 2 amide bonds. The van der Waals surface area contributed by atoms with Crippen molar-refractivity contribution in [1.82, 2.24) is 4.90 Å². The van der Waals surface area contributed by atoms with Gasteiger partial charge in [-0.25, -0.2) is 4.79 Å². The molecule has 1 unspecified atom stereocenters. The summed E-state index contributed by atoms with van der Waals surface area (Å²) in [5.74, 6) is 0. The van der Waals surface area contributed by atoms with Gasteiger partial charge in [0.1, 0.15) is 0 Å². The number of carbonyl (C=O) groups excluding carboxylic acids is 1. The van der Waals surface area contributed by atoms with Crippen molar-refractivity contribution in [3.05, 3.63) is 35.9 Å². The number of nitrogens with two attached hydrogens (primary N) is 1. The maximum atomic E-state index is 11.7. The number of nitrogens with zero attached hydrogens (tertiary/aromatic N) is 1. The molecule has 1 aromatic rings. The number of hydrogen-bond donors (Lipinski definition) is 3. The lowest BCUT2D eigenvalue weighted by molar-refractivity contribution is 0.145. The Morgan fingerprint density at radius 2 is 1.46 bits per heavy atom. The van der Waals surface area contributed by atoms with E-state index in [2.05, 4.69) is 32.9 Å². The van der Waals surface area contributed by atoms with Crippen LogP contribution in [-0.4, -0.2) is 47.4 Å². The Morgan fingerprint density at radius 1 is 0.893 bits per heavy atom. The molecule has 1 rings (SSSR count). The fourth-order valence-corrected chi connectivity index (χ4v) is 3.47. The molecule has 0 radical (unpaired) electrons. The first-order chi connectivity index (χ1) is 13.2. The second kappa shape index (κ2) is 12.1. The van der Waals surface area contributed by atoms with E-state index in [0.717, 1.165) is 44.9 Å². The van der Waals surface area contributed by atoms with Crippen LogP contribution < -0.4 is 5.73 Å². The number of aliphatic hydroxyl groups is 2. The predicted octanol–water partition coefficient (Wildman–Crippen LogP) is 4.07. The normalized spacial score (nSPS) is 13.9. The van der Waals surface area contributed by atoms with Gasteiger partial charge in [-0.2, -0.15) is 0 Å². The molecular formula is C23H40N2O3. The third kappa shape index (κ3) is 8.61. The van der Waals surface area contributed by atoms with Crippen molar-refractivity contribution in [3.8, 4) is 0 Å². The fourth-order valence-electron chi connectivity index (χ4n) is 3.47. The van der Waals surface area contributed by atoms with Gasteiger partial charge in [0.2, 0.25) is 0 Å². The number of amides is 2. The summed E-state index contributed by atoms with van der Waals surface area (Å²) in [6.45, 7) is 7.88. The first kappa shape index (κ1) is 24.4. The molecule has 0 saturated carbocycles. The smallest absolute Gasteiger partial charge is 0.314 e. The number of carbonyl (C=O) groups is 1. The number of aliphatic hydroxyl groups excluding tert-OH is 2. The average molecular weight is 393 g/mol. The number of hydrogen-bond acceptors (Lipinski definition) is 3. The van der Waals surface area contributed by atoms with Crippen LogP contribution in [0, 0.1) is 5.41 Å². The van der Waals surface area contributed by atoms with Crippen LogP contribution in [0.2, 0.25) is 0 Å². The molecule has 160 valence electrons. The highest BCUT2D eigenvalue weighted by atomic mass is 16.3. The molecule has 0 heterocycles. The Hall–Kier alpha value is -1.59. The van der Waals surface area contributed by atoms with E-state index >= 15 is 0 Å². The minimum Gasteiger partial charge on any atom is -0.396 e. The van der Waals surface area contributed by atoms with Crippen molar-refractivity contribution in [2.45, 2.75) is 71.1 Å². The van der Waals surface area contributed by atoms with Crippen LogP contribution in [0.5, 0.6) is 0 Å². The molecule has 4 N–H and O–H groups in total. The molecule has 0 aliphatic rings. The standard InChI is InChI=1S/C23H40N2O3/c1-22(2,18-26)14-9-11-17-25(21(24)28)16-10-5-8-15-23(3,19-27)20-12-6-4-7-13-20/h4,6-7,12-13,26-27H,5,8-11,14-19H2,1-3H3,(H2,24,28). The summed E-state index contributed by atoms with van der Waals surface area (Å²) in [6.07, 6.45) is 6.66. The van der Waals surface area contributed by atoms with Crippen LogP contribution in [0.1, 0.15) is 71.3 Å². The molecule has 1 atom stereocenters. The van der Waals surface area contributed by atoms with Crippen LogP contribution >= 0.6 is 0 Å². The Labute approximate surface area is 170 Å². The summed E-state index contributed by atoms with van der Waals surface area (Å²) in [5.41, 5.74) is 6.42. The first-order valence-electron chi connectivity index (χ1n) is 10.6. The van der Waals surface area contributed by atoms with E-state index in [4.69, 9.17) is 5.73 Å². The van der Waals surface area contributed by atoms with Gasteiger partial charge in [0.05, 0.1) is 6.61 Å². The van der Waals surface area contributed by atoms with Crippen LogP contribution in [0.15, 0.2) is 30.3 Å². The van der Waals surface area contributed by atoms with Crippen LogP contribution in [0.4, 0.5) is 4.79 Å². The highest BCUT2D eigenvalue weighted by Gasteiger charge is 2.25. The predicted molar refractivity (Wildman–Crippen MR) is 115 cm³/mol. The second-order valence-electron chi connectivity index (χ2n) is 9.00. The zero-order valence-electron chi connectivity index (χ0n) is 18.0. The van der Waals surface area contributed by atoms with Crippen molar-refractivity contribution >= 4 is 6.03 Å². The van der Waals surface area contributed by atoms with E-state index in [0.29, 0.717) is 13.1 Å². The van der Waals surface area contributed by atoms with Gasteiger partial charge in [-0.1, -0.05) is 70.4 Å². The summed E-state index contributed by atoms with van der Waals surface area (Å²) in [6, 6.07) is 9.80. The molecule has 0 aromatic heterocycles. The lowest BCUT2D eigenvalue weighted by atomic mass is 9.79. The lowest BCUT2D eigenvalue weighted by Crippen LogP contribution is -2.37. The van der Waals surface area contributed by atoms with Crippen molar-refractivity contribution in [1.29, 1.82) is 0 Å². The third-order valence-corrected chi connectivity index (χ3v) is 5.75. The molecule has 0 spiro atoms. The summed E-state index contributed by atoms with van der Waals surface area (Å²) in [5, 5.41) is 19.2. The SMILES string of the molecule is CC(C)(CO)CCCCN(CCCCCC(C)(CO)c1ccccc1)C(N)=O. The number of primary amides is 1. The van der Waals surface area contributed by atoms with Gasteiger partial charge in [-0.15, -0.1) is 0 Å². The van der Waals surface area contributed by atoms with Gasteiger partial charge in [0.15, 0.2) is 0 Å². The molecule has 0 fully saturated rings. The van der Waals surface area contributed by atoms with Gasteiger partial charge >= 0.3 is 6.03 Å². The fraction of sp³-hybridized carbons (Fsp3) is 0.696. The van der Waals surface area contributed by atoms with Crippen molar-refractivity contribution in [3.63, 3.8) is 0 Å². The Bertz CT molecular complexity index is 562. The maximum Gasteiger partial charge on any atom is 0.314 e. The third-order valence-electron chi connectivity index (χ3n) is 5.75. The van der Waals surface area contributed by atoms with E-state index in [-0.39, 0.29) is 30.1 Å². The first-order valence-corrected chi connectivity index (χ1v) is 10.6. The Morgan fingerprint density at radius 3 is 2.00 bits per heavy atom. The van der Waals surface area contributed by atoms with Gasteiger partial charge in [-0.3, -0.25) is 0 Å². The van der Waals surface area contributed by atoms with Crippen molar-refractivity contribution in [2.75, 3.05) is 26.3 Å². The van der Waals surface area contributed by atoms with E-state index < -0.39 is 0 Å². The van der Waals surface area contributed by atoms with Crippen molar-refractivity contribution < 1.29 is 15.0 Å². The number of benzene rings is 1. The van der Waals surface area contributed by atoms with E-state index in [1.807, 2.05) is 18.2 Å². The van der Waals surface area contributed by atoms with Crippen LogP contribution in [0.3, 0.4) is 0 Å².